The van der Waals surface area contributed by atoms with Crippen LogP contribution in [0.15, 0.2) is 42.5 Å². The first-order chi connectivity index (χ1) is 10.5. The van der Waals surface area contributed by atoms with Gasteiger partial charge in [-0.05, 0) is 22.4 Å². The third-order valence-corrected chi connectivity index (χ3v) is 5.26. The van der Waals surface area contributed by atoms with Crippen LogP contribution in [0.4, 0.5) is 5.82 Å². The number of nitrogens with one attached hydrogen (secondary N) is 1. The van der Waals surface area contributed by atoms with E-state index in [-0.39, 0.29) is 5.75 Å². The molecule has 0 spiro atoms. The predicted octanol–water partition coefficient (Wildman–Crippen LogP) is 3.11. The lowest BCUT2D eigenvalue weighted by atomic mass is 10.0. The molecule has 1 aromatic heterocycles. The van der Waals surface area contributed by atoms with E-state index in [0.717, 1.165) is 16.3 Å². The Morgan fingerprint density at radius 2 is 1.91 bits per heavy atom. The lowest BCUT2D eigenvalue weighted by molar-refractivity contribution is 0.577. The van der Waals surface area contributed by atoms with Gasteiger partial charge in [-0.1, -0.05) is 48.0 Å². The number of hydrogen-bond donors (Lipinski definition) is 1. The van der Waals surface area contributed by atoms with Crippen molar-refractivity contribution >= 4 is 38.2 Å². The van der Waals surface area contributed by atoms with Crippen molar-refractivity contribution in [3.63, 3.8) is 0 Å². The number of anilines is 1. The van der Waals surface area contributed by atoms with Gasteiger partial charge in [-0.25, -0.2) is 13.1 Å². The van der Waals surface area contributed by atoms with Crippen LogP contribution in [0.1, 0.15) is 0 Å². The summed E-state index contributed by atoms with van der Waals surface area (Å²) in [6.07, 6.45) is 0. The van der Waals surface area contributed by atoms with Crippen LogP contribution in [0.2, 0.25) is 5.15 Å². The second-order valence-electron chi connectivity index (χ2n) is 5.22. The second-order valence-corrected chi connectivity index (χ2v) is 7.42. The molecule has 7 heteroatoms. The van der Waals surface area contributed by atoms with Crippen LogP contribution in [0.25, 0.3) is 21.9 Å². The molecule has 1 aliphatic heterocycles. The smallest absolute Gasteiger partial charge is 0.235 e. The van der Waals surface area contributed by atoms with Gasteiger partial charge < -0.3 is 0 Å². The number of aryl methyl sites for hydroxylation is 1. The third kappa shape index (κ3) is 2.15. The van der Waals surface area contributed by atoms with E-state index < -0.39 is 10.0 Å². The van der Waals surface area contributed by atoms with Crippen LogP contribution in [0.3, 0.4) is 0 Å². The van der Waals surface area contributed by atoms with Crippen molar-refractivity contribution < 1.29 is 8.42 Å². The van der Waals surface area contributed by atoms with E-state index in [0.29, 0.717) is 23.1 Å². The van der Waals surface area contributed by atoms with E-state index >= 15 is 0 Å². The Morgan fingerprint density at radius 1 is 1.14 bits per heavy atom. The lowest BCUT2D eigenvalue weighted by Crippen LogP contribution is -2.28. The van der Waals surface area contributed by atoms with Gasteiger partial charge in [0.1, 0.15) is 5.82 Å². The highest BCUT2D eigenvalue weighted by atomic mass is 35.5. The molecule has 0 aliphatic carbocycles. The monoisotopic (exact) mass is 333 g/mol. The molecule has 0 fully saturated rings. The number of sulfonamides is 1. The highest BCUT2D eigenvalue weighted by Gasteiger charge is 2.27. The van der Waals surface area contributed by atoms with Crippen LogP contribution >= 0.6 is 11.6 Å². The van der Waals surface area contributed by atoms with Gasteiger partial charge in [0.05, 0.1) is 17.9 Å². The van der Waals surface area contributed by atoms with E-state index in [1.54, 1.807) is 4.68 Å². The summed E-state index contributed by atoms with van der Waals surface area (Å²) < 4.78 is 27.8. The summed E-state index contributed by atoms with van der Waals surface area (Å²) >= 11 is 6.25. The van der Waals surface area contributed by atoms with Crippen molar-refractivity contribution in [1.29, 1.82) is 0 Å². The summed E-state index contributed by atoms with van der Waals surface area (Å²) in [6, 6.07) is 13.9. The maximum atomic E-state index is 11.8. The first-order valence-corrected chi connectivity index (χ1v) is 8.82. The van der Waals surface area contributed by atoms with Gasteiger partial charge in [0, 0.05) is 0 Å². The predicted molar refractivity (Wildman–Crippen MR) is 87.6 cm³/mol. The topological polar surface area (TPSA) is 64.0 Å². The molecule has 2 aromatic carbocycles. The van der Waals surface area contributed by atoms with E-state index in [1.165, 1.54) is 0 Å². The highest BCUT2D eigenvalue weighted by Crippen LogP contribution is 2.37. The zero-order valence-electron chi connectivity index (χ0n) is 11.5. The maximum Gasteiger partial charge on any atom is 0.235 e. The molecule has 5 nitrogen and oxygen atoms in total. The Labute approximate surface area is 132 Å². The van der Waals surface area contributed by atoms with Crippen LogP contribution in [0, 0.1) is 0 Å². The maximum absolute atomic E-state index is 11.8. The Bertz CT molecular complexity index is 995. The molecule has 0 saturated carbocycles. The first-order valence-electron chi connectivity index (χ1n) is 6.79. The molecule has 0 radical (unpaired) electrons. The normalized spacial score (nSPS) is 16.2. The lowest BCUT2D eigenvalue weighted by Gasteiger charge is -2.17. The number of benzene rings is 2. The Balaban J connectivity index is 1.93. The van der Waals surface area contributed by atoms with Gasteiger partial charge in [-0.15, -0.1) is 0 Å². The quantitative estimate of drug-likeness (QED) is 0.744. The number of hydrogen-bond acceptors (Lipinski definition) is 3. The fourth-order valence-corrected chi connectivity index (χ4v) is 4.01. The van der Waals surface area contributed by atoms with Crippen LogP contribution in [0.5, 0.6) is 0 Å². The zero-order chi connectivity index (χ0) is 15.3. The molecule has 3 aromatic rings. The Hall–Kier alpha value is -2.05. The fourth-order valence-electron chi connectivity index (χ4n) is 2.70. The summed E-state index contributed by atoms with van der Waals surface area (Å²) in [5.74, 6) is 0.446. The average molecular weight is 334 g/mol. The Morgan fingerprint density at radius 3 is 2.73 bits per heavy atom. The molecule has 2 heterocycles. The fraction of sp³-hybridized carbons (Fsp3) is 0.133. The second kappa shape index (κ2) is 4.72. The largest absolute Gasteiger partial charge is 0.267 e. The summed E-state index contributed by atoms with van der Waals surface area (Å²) in [6.45, 7) is 0.304. The van der Waals surface area contributed by atoms with Crippen molar-refractivity contribution in [2.45, 2.75) is 6.54 Å². The van der Waals surface area contributed by atoms with Gasteiger partial charge in [0.25, 0.3) is 0 Å². The van der Waals surface area contributed by atoms with Gasteiger partial charge >= 0.3 is 0 Å². The molecule has 112 valence electrons. The van der Waals surface area contributed by atoms with Crippen molar-refractivity contribution in [1.82, 2.24) is 9.78 Å². The van der Waals surface area contributed by atoms with E-state index in [2.05, 4.69) is 9.82 Å². The number of nitrogens with zero attached hydrogens (tertiary/aromatic N) is 2. The Kier molecular flexibility index (Phi) is 2.92. The number of fused-ring (bicyclic) bond motifs is 2. The van der Waals surface area contributed by atoms with Crippen molar-refractivity contribution in [3.05, 3.63) is 47.6 Å². The molecule has 4 rings (SSSR count). The number of rotatable bonds is 1. The summed E-state index contributed by atoms with van der Waals surface area (Å²) in [5.41, 5.74) is 1.46. The van der Waals surface area contributed by atoms with Crippen LogP contribution in [-0.4, -0.2) is 24.0 Å². The molecule has 0 saturated heterocycles. The molecule has 0 atom stereocenters. The molecule has 22 heavy (non-hydrogen) atoms. The summed E-state index contributed by atoms with van der Waals surface area (Å²) in [7, 11) is -3.33. The van der Waals surface area contributed by atoms with E-state index in [1.807, 2.05) is 42.5 Å². The minimum Gasteiger partial charge on any atom is -0.267 e. The van der Waals surface area contributed by atoms with Gasteiger partial charge in [0.15, 0.2) is 5.15 Å². The SMILES string of the molecule is O=S1(=O)CCn2nc(Cl)c(-c3ccc4ccccc4c3)c2N1. The molecule has 1 aliphatic rings. The highest BCUT2D eigenvalue weighted by molar-refractivity contribution is 7.92. The van der Waals surface area contributed by atoms with Gasteiger partial charge in [-0.3, -0.25) is 4.72 Å². The minimum atomic E-state index is -3.33. The van der Waals surface area contributed by atoms with E-state index in [9.17, 15) is 8.42 Å². The molecular formula is C15H12ClN3O2S. The summed E-state index contributed by atoms with van der Waals surface area (Å²) in [5, 5.41) is 6.71. The van der Waals surface area contributed by atoms with Crippen molar-refractivity contribution in [3.8, 4) is 11.1 Å². The zero-order valence-corrected chi connectivity index (χ0v) is 13.0. The number of aromatic nitrogens is 2. The standard InChI is InChI=1S/C15H12ClN3O2S/c16-14-13(15-18-22(20,21)8-7-19(15)17-14)12-6-5-10-3-1-2-4-11(10)9-12/h1-6,9,18H,7-8H2. The van der Waals surface area contributed by atoms with Crippen molar-refractivity contribution in [2.24, 2.45) is 0 Å². The van der Waals surface area contributed by atoms with Crippen LogP contribution in [-0.2, 0) is 16.6 Å². The molecular weight excluding hydrogens is 322 g/mol. The van der Waals surface area contributed by atoms with Crippen molar-refractivity contribution in [2.75, 3.05) is 10.5 Å². The molecule has 0 bridgehead atoms. The van der Waals surface area contributed by atoms with Gasteiger partial charge in [-0.2, -0.15) is 5.10 Å². The number of halogens is 1. The molecule has 1 N–H and O–H groups in total. The summed E-state index contributed by atoms with van der Waals surface area (Å²) in [4.78, 5) is 0. The molecule has 0 amide bonds. The average Bonchev–Trinajstić information content (AvgIpc) is 2.81. The van der Waals surface area contributed by atoms with Gasteiger partial charge in [0.2, 0.25) is 10.0 Å². The first kappa shape index (κ1) is 13.6. The third-order valence-electron chi connectivity index (χ3n) is 3.77. The minimum absolute atomic E-state index is 0.00910. The van der Waals surface area contributed by atoms with E-state index in [4.69, 9.17) is 11.6 Å². The van der Waals surface area contributed by atoms with Crippen LogP contribution < -0.4 is 4.72 Å². The molecule has 0 unspecified atom stereocenters.